The lowest BCUT2D eigenvalue weighted by molar-refractivity contribution is 0.102. The summed E-state index contributed by atoms with van der Waals surface area (Å²) in [7, 11) is 0. The van der Waals surface area contributed by atoms with Gasteiger partial charge in [0.15, 0.2) is 10.8 Å². The molecule has 0 aliphatic carbocycles. The molecular weight excluding hydrogens is 315 g/mol. The Hall–Kier alpha value is -2.54. The van der Waals surface area contributed by atoms with Gasteiger partial charge in [-0.3, -0.25) is 15.2 Å². The average molecular weight is 330 g/mol. The third kappa shape index (κ3) is 3.62. The minimum absolute atomic E-state index is 0.253. The molecule has 2 N–H and O–H groups in total. The molecule has 0 aliphatic heterocycles. The van der Waals surface area contributed by atoms with Crippen LogP contribution in [-0.2, 0) is 6.42 Å². The van der Waals surface area contributed by atoms with E-state index < -0.39 is 0 Å². The van der Waals surface area contributed by atoms with Crippen molar-refractivity contribution in [1.29, 1.82) is 0 Å². The molecule has 7 heteroatoms. The van der Waals surface area contributed by atoms with Gasteiger partial charge >= 0.3 is 0 Å². The minimum Gasteiger partial charge on any atom is -0.296 e. The largest absolute Gasteiger partial charge is 0.296 e. The highest BCUT2D eigenvalue weighted by Gasteiger charge is 2.14. The molecule has 0 radical (unpaired) electrons. The molecule has 5 nitrogen and oxygen atoms in total. The number of H-pyrrole nitrogens is 1. The lowest BCUT2D eigenvalue weighted by Gasteiger charge is -1.99. The summed E-state index contributed by atoms with van der Waals surface area (Å²) in [6, 6.07) is 8.05. The minimum atomic E-state index is -0.295. The number of nitrogens with zero attached hydrogens (tertiary/aromatic N) is 2. The van der Waals surface area contributed by atoms with Crippen LogP contribution >= 0.6 is 11.3 Å². The summed E-state index contributed by atoms with van der Waals surface area (Å²) in [5.41, 5.74) is 3.00. The number of hydrogen-bond donors (Lipinski definition) is 2. The van der Waals surface area contributed by atoms with Crippen LogP contribution in [0.2, 0.25) is 0 Å². The summed E-state index contributed by atoms with van der Waals surface area (Å²) in [4.78, 5) is 17.5. The molecule has 0 bridgehead atoms. The van der Waals surface area contributed by atoms with E-state index in [0.717, 1.165) is 21.8 Å². The van der Waals surface area contributed by atoms with E-state index in [2.05, 4.69) is 20.5 Å². The van der Waals surface area contributed by atoms with Crippen molar-refractivity contribution in [3.8, 4) is 0 Å². The SMILES string of the molecule is Cc1cc(C(=O)Nc2nc(C)c(Cc3ccc(F)cc3)s2)n[nH]1. The standard InChI is InChI=1S/C16H15FN4OS/c1-9-7-13(21-20-9)15(22)19-16-18-10(2)14(23-16)8-11-3-5-12(17)6-4-11/h3-7H,8H2,1-2H3,(H,20,21)(H,18,19,22). The molecule has 1 aromatic carbocycles. The number of nitrogens with one attached hydrogen (secondary N) is 2. The zero-order valence-electron chi connectivity index (χ0n) is 12.7. The first-order valence-corrected chi connectivity index (χ1v) is 7.87. The maximum Gasteiger partial charge on any atom is 0.277 e. The number of aromatic nitrogens is 3. The molecule has 0 unspecified atom stereocenters. The number of carbonyl (C=O) groups is 1. The number of anilines is 1. The van der Waals surface area contributed by atoms with Crippen LogP contribution in [0.15, 0.2) is 30.3 Å². The monoisotopic (exact) mass is 330 g/mol. The van der Waals surface area contributed by atoms with Gasteiger partial charge in [-0.05, 0) is 37.6 Å². The van der Waals surface area contributed by atoms with Crippen molar-refractivity contribution in [2.24, 2.45) is 0 Å². The highest BCUT2D eigenvalue weighted by molar-refractivity contribution is 7.15. The number of halogens is 1. The number of hydrogen-bond acceptors (Lipinski definition) is 4. The number of amides is 1. The summed E-state index contributed by atoms with van der Waals surface area (Å²) in [6.07, 6.45) is 0.654. The van der Waals surface area contributed by atoms with Crippen molar-refractivity contribution in [3.63, 3.8) is 0 Å². The van der Waals surface area contributed by atoms with Crippen LogP contribution in [0.5, 0.6) is 0 Å². The van der Waals surface area contributed by atoms with Crippen molar-refractivity contribution in [1.82, 2.24) is 15.2 Å². The van der Waals surface area contributed by atoms with E-state index in [-0.39, 0.29) is 11.7 Å². The number of aryl methyl sites for hydroxylation is 2. The molecule has 0 saturated heterocycles. The number of rotatable bonds is 4. The quantitative estimate of drug-likeness (QED) is 0.769. The molecule has 1 amide bonds. The third-order valence-electron chi connectivity index (χ3n) is 3.33. The van der Waals surface area contributed by atoms with Crippen LogP contribution in [0.25, 0.3) is 0 Å². The highest BCUT2D eigenvalue weighted by atomic mass is 32.1. The Labute approximate surface area is 136 Å². The van der Waals surface area contributed by atoms with Crippen molar-refractivity contribution < 1.29 is 9.18 Å². The zero-order chi connectivity index (χ0) is 16.4. The molecule has 0 atom stereocenters. The third-order valence-corrected chi connectivity index (χ3v) is 4.40. The fourth-order valence-corrected chi connectivity index (χ4v) is 3.12. The van der Waals surface area contributed by atoms with Gasteiger partial charge in [0, 0.05) is 17.0 Å². The van der Waals surface area contributed by atoms with E-state index in [1.165, 1.54) is 23.5 Å². The summed E-state index contributed by atoms with van der Waals surface area (Å²) in [5.74, 6) is -0.548. The molecule has 118 valence electrons. The molecule has 0 saturated carbocycles. The van der Waals surface area contributed by atoms with Gasteiger partial charge in [0.05, 0.1) is 5.69 Å². The predicted molar refractivity (Wildman–Crippen MR) is 87.3 cm³/mol. The van der Waals surface area contributed by atoms with E-state index in [1.807, 2.05) is 13.8 Å². The molecule has 23 heavy (non-hydrogen) atoms. The smallest absolute Gasteiger partial charge is 0.277 e. The second kappa shape index (κ2) is 6.29. The van der Waals surface area contributed by atoms with Gasteiger partial charge in [-0.2, -0.15) is 5.10 Å². The molecule has 0 aliphatic rings. The second-order valence-electron chi connectivity index (χ2n) is 5.22. The molecule has 2 aromatic heterocycles. The summed E-state index contributed by atoms with van der Waals surface area (Å²) >= 11 is 1.41. The maximum atomic E-state index is 12.9. The molecule has 0 spiro atoms. The fourth-order valence-electron chi connectivity index (χ4n) is 2.13. The Kier molecular flexibility index (Phi) is 4.20. The average Bonchev–Trinajstić information content (AvgIpc) is 3.08. The van der Waals surface area contributed by atoms with Crippen LogP contribution in [0.1, 0.15) is 32.3 Å². The Morgan fingerprint density at radius 1 is 1.30 bits per heavy atom. The van der Waals surface area contributed by atoms with Gasteiger partial charge < -0.3 is 0 Å². The van der Waals surface area contributed by atoms with Crippen molar-refractivity contribution in [2.75, 3.05) is 5.32 Å². The van der Waals surface area contributed by atoms with Crippen LogP contribution in [0, 0.1) is 19.7 Å². The normalized spacial score (nSPS) is 10.7. The summed E-state index contributed by atoms with van der Waals surface area (Å²) < 4.78 is 12.9. The number of thiazole rings is 1. The van der Waals surface area contributed by atoms with Crippen LogP contribution in [0.4, 0.5) is 9.52 Å². The first kappa shape index (κ1) is 15.4. The summed E-state index contributed by atoms with van der Waals surface area (Å²) in [5, 5.41) is 9.94. The zero-order valence-corrected chi connectivity index (χ0v) is 13.5. The number of carbonyl (C=O) groups excluding carboxylic acids is 1. The van der Waals surface area contributed by atoms with Gasteiger partial charge in [0.1, 0.15) is 5.82 Å². The number of benzene rings is 1. The Bertz CT molecular complexity index is 838. The van der Waals surface area contributed by atoms with E-state index in [0.29, 0.717) is 17.2 Å². The van der Waals surface area contributed by atoms with Gasteiger partial charge in [0.2, 0.25) is 0 Å². The first-order chi connectivity index (χ1) is 11.0. The van der Waals surface area contributed by atoms with E-state index in [9.17, 15) is 9.18 Å². The van der Waals surface area contributed by atoms with Crippen molar-refractivity contribution in [2.45, 2.75) is 20.3 Å². The second-order valence-corrected chi connectivity index (χ2v) is 6.30. The van der Waals surface area contributed by atoms with Crippen LogP contribution in [-0.4, -0.2) is 21.1 Å². The number of aromatic amines is 1. The predicted octanol–water partition coefficient (Wildman–Crippen LogP) is 3.47. The Morgan fingerprint density at radius 2 is 2.04 bits per heavy atom. The van der Waals surface area contributed by atoms with E-state index >= 15 is 0 Å². The van der Waals surface area contributed by atoms with Gasteiger partial charge in [-0.25, -0.2) is 9.37 Å². The van der Waals surface area contributed by atoms with Crippen molar-refractivity contribution >= 4 is 22.4 Å². The van der Waals surface area contributed by atoms with E-state index in [1.54, 1.807) is 18.2 Å². The summed E-state index contributed by atoms with van der Waals surface area (Å²) in [6.45, 7) is 3.72. The van der Waals surface area contributed by atoms with Gasteiger partial charge in [0.25, 0.3) is 5.91 Å². The first-order valence-electron chi connectivity index (χ1n) is 7.05. The van der Waals surface area contributed by atoms with Crippen LogP contribution < -0.4 is 5.32 Å². The Morgan fingerprint density at radius 3 is 2.70 bits per heavy atom. The molecule has 3 rings (SSSR count). The van der Waals surface area contributed by atoms with Gasteiger partial charge in [-0.15, -0.1) is 11.3 Å². The highest BCUT2D eigenvalue weighted by Crippen LogP contribution is 2.25. The topological polar surface area (TPSA) is 70.7 Å². The lowest BCUT2D eigenvalue weighted by Crippen LogP contribution is -2.12. The molecular formula is C16H15FN4OS. The van der Waals surface area contributed by atoms with Crippen molar-refractivity contribution in [3.05, 3.63) is 63.7 Å². The van der Waals surface area contributed by atoms with Gasteiger partial charge in [-0.1, -0.05) is 12.1 Å². The fraction of sp³-hybridized carbons (Fsp3) is 0.188. The van der Waals surface area contributed by atoms with E-state index in [4.69, 9.17) is 0 Å². The lowest BCUT2D eigenvalue weighted by atomic mass is 10.1. The Balaban J connectivity index is 1.73. The van der Waals surface area contributed by atoms with Crippen LogP contribution in [0.3, 0.4) is 0 Å². The maximum absolute atomic E-state index is 12.9. The molecule has 3 aromatic rings. The molecule has 2 heterocycles. The molecule has 0 fully saturated rings.